The molecule has 6 nitrogen and oxygen atoms in total. The summed E-state index contributed by atoms with van der Waals surface area (Å²) in [4.78, 5) is 14.1. The van der Waals surface area contributed by atoms with Crippen LogP contribution < -0.4 is 29.4 Å². The van der Waals surface area contributed by atoms with Gasteiger partial charge in [0.1, 0.15) is 0 Å². The highest BCUT2D eigenvalue weighted by molar-refractivity contribution is 6.19. The quantitative estimate of drug-likeness (QED) is 0.0669. The lowest BCUT2D eigenvalue weighted by Gasteiger charge is -2.30. The van der Waals surface area contributed by atoms with Crippen LogP contribution in [-0.4, -0.2) is 0 Å². The average molecular weight is 1440 g/mol. The van der Waals surface area contributed by atoms with Crippen LogP contribution >= 0.6 is 0 Å². The molecule has 0 radical (unpaired) electrons. The zero-order valence-electron chi connectivity index (χ0n) is 62.0. The first-order valence-corrected chi connectivity index (χ1v) is 38.5. The summed E-state index contributed by atoms with van der Waals surface area (Å²) in [5, 5.41) is 2.25. The van der Waals surface area contributed by atoms with Crippen molar-refractivity contribution in [3.05, 3.63) is 467 Å². The van der Waals surface area contributed by atoms with E-state index >= 15 is 0 Å². The molecule has 0 aromatic heterocycles. The third kappa shape index (κ3) is 14.2. The number of para-hydroxylation sites is 8. The standard InChI is InChI=1S/C106H80N6/c1-12-34-79(35-13-1)103-101-77-76-100(112(91-54-32-11-33-55-91)99-74-72-96(73-75-99)109(87-46-24-7-25-47-87)88-48-26-8-27-49-88)78-102(101)104(80-36-14-2-15-37-80)106(82-58-62-93(63-59-82)111(90-52-30-10-31-53-90)98-70-66-95(67-71-98)108(85-42-20-5-21-43-85)86-44-22-6-23-45-86)105(103)81-56-60-92(61-57-81)110(89-50-28-9-29-51-89)97-68-64-94(65-69-97)107(83-38-16-3-17-39-83)84-40-18-4-19-41-84/h1-7,9-26,28-78H,8,27H2. The Kier molecular flexibility index (Phi) is 19.7. The molecule has 0 heterocycles. The molecule has 0 aliphatic heterocycles. The fraction of sp³-hybridized carbons (Fsp3) is 0.0189. The van der Waals surface area contributed by atoms with E-state index in [4.69, 9.17) is 0 Å². The van der Waals surface area contributed by atoms with Crippen molar-refractivity contribution in [3.63, 3.8) is 0 Å². The Morgan fingerprint density at radius 1 is 0.152 bits per heavy atom. The van der Waals surface area contributed by atoms with Crippen LogP contribution in [0.15, 0.2) is 467 Å². The van der Waals surface area contributed by atoms with Crippen molar-refractivity contribution in [1.82, 2.24) is 0 Å². The largest absolute Gasteiger partial charge is 0.311 e. The zero-order valence-corrected chi connectivity index (χ0v) is 62.0. The molecule has 0 saturated heterocycles. The van der Waals surface area contributed by atoms with E-state index in [0.717, 1.165) is 165 Å². The van der Waals surface area contributed by atoms with E-state index in [9.17, 15) is 0 Å². The Hall–Kier alpha value is -14.7. The summed E-state index contributed by atoms with van der Waals surface area (Å²) in [6.07, 6.45) is 8.92. The molecule has 534 valence electrons. The van der Waals surface area contributed by atoms with Gasteiger partial charge in [-0.1, -0.05) is 249 Å². The van der Waals surface area contributed by atoms with E-state index in [1.54, 1.807) is 0 Å². The zero-order chi connectivity index (χ0) is 74.8. The minimum atomic E-state index is 0.997. The fourth-order valence-corrected chi connectivity index (χ4v) is 15.9. The van der Waals surface area contributed by atoms with Crippen molar-refractivity contribution in [2.75, 3.05) is 29.4 Å². The summed E-state index contributed by atoms with van der Waals surface area (Å²) < 4.78 is 0. The summed E-state index contributed by atoms with van der Waals surface area (Å²) >= 11 is 0. The second-order valence-electron chi connectivity index (χ2n) is 27.9. The number of benzene rings is 17. The summed E-state index contributed by atoms with van der Waals surface area (Å²) in [6, 6.07) is 160. The van der Waals surface area contributed by atoms with Crippen LogP contribution in [0.1, 0.15) is 12.8 Å². The van der Waals surface area contributed by atoms with Crippen LogP contribution in [0.3, 0.4) is 0 Å². The molecule has 0 bridgehead atoms. The lowest BCUT2D eigenvalue weighted by Crippen LogP contribution is -2.16. The fourth-order valence-electron chi connectivity index (χ4n) is 15.9. The lowest BCUT2D eigenvalue weighted by molar-refractivity contribution is 0.997. The van der Waals surface area contributed by atoms with E-state index in [-0.39, 0.29) is 0 Å². The topological polar surface area (TPSA) is 19.4 Å². The summed E-state index contributed by atoms with van der Waals surface area (Å²) in [7, 11) is 0. The van der Waals surface area contributed by atoms with Crippen LogP contribution in [0.4, 0.5) is 96.7 Å². The molecule has 112 heavy (non-hydrogen) atoms. The Morgan fingerprint density at radius 2 is 0.357 bits per heavy atom. The smallest absolute Gasteiger partial charge is 0.0468 e. The van der Waals surface area contributed by atoms with Crippen molar-refractivity contribution in [3.8, 4) is 44.5 Å². The molecule has 0 amide bonds. The first-order chi connectivity index (χ1) is 55.6. The monoisotopic (exact) mass is 1440 g/mol. The molecule has 6 heteroatoms. The van der Waals surface area contributed by atoms with E-state index in [2.05, 4.69) is 490 Å². The second kappa shape index (κ2) is 32.0. The van der Waals surface area contributed by atoms with Gasteiger partial charge in [0.2, 0.25) is 0 Å². The Balaban J connectivity index is 0.831. The molecule has 17 aromatic rings. The van der Waals surface area contributed by atoms with Gasteiger partial charge in [-0.2, -0.15) is 0 Å². The van der Waals surface area contributed by atoms with Gasteiger partial charge in [0.05, 0.1) is 0 Å². The molecule has 0 fully saturated rings. The second-order valence-corrected chi connectivity index (χ2v) is 27.9. The van der Waals surface area contributed by atoms with Gasteiger partial charge in [-0.3, -0.25) is 0 Å². The number of hydrogen-bond acceptors (Lipinski definition) is 6. The molecule has 0 atom stereocenters. The van der Waals surface area contributed by atoms with Gasteiger partial charge in [0.25, 0.3) is 0 Å². The van der Waals surface area contributed by atoms with Gasteiger partial charge in [0.15, 0.2) is 0 Å². The predicted octanol–water partition coefficient (Wildman–Crippen LogP) is 30.2. The SMILES string of the molecule is C1=CC(N(c2ccccc2)c2ccc(N(c3ccccc3)c3ccc4c(-c5ccccc5)c(-c5ccc(N(c6ccccc6)c6ccc(N(c7ccccc7)c7ccccc7)cc6)cc5)c(-c5ccc(N(c6ccccc6)c6ccc(N(c7ccccc7)c7ccccc7)cc6)cc5)c(-c5ccccc5)c4c3)cc2)=CCC1. The predicted molar refractivity (Wildman–Crippen MR) is 474 cm³/mol. The van der Waals surface area contributed by atoms with E-state index < -0.39 is 0 Å². The number of fused-ring (bicyclic) bond motifs is 1. The van der Waals surface area contributed by atoms with Crippen LogP contribution in [-0.2, 0) is 0 Å². The maximum atomic E-state index is 2.45. The van der Waals surface area contributed by atoms with Crippen molar-refractivity contribution in [2.24, 2.45) is 0 Å². The van der Waals surface area contributed by atoms with Crippen LogP contribution in [0.2, 0.25) is 0 Å². The Bertz CT molecular complexity index is 5960. The van der Waals surface area contributed by atoms with Gasteiger partial charge in [-0.15, -0.1) is 0 Å². The highest BCUT2D eigenvalue weighted by Gasteiger charge is 2.28. The van der Waals surface area contributed by atoms with Crippen LogP contribution in [0.25, 0.3) is 55.3 Å². The molecule has 18 rings (SSSR count). The van der Waals surface area contributed by atoms with Gasteiger partial charge in [0, 0.05) is 102 Å². The van der Waals surface area contributed by atoms with Crippen molar-refractivity contribution < 1.29 is 0 Å². The minimum Gasteiger partial charge on any atom is -0.311 e. The Labute approximate surface area is 656 Å². The van der Waals surface area contributed by atoms with Gasteiger partial charge < -0.3 is 29.4 Å². The van der Waals surface area contributed by atoms with Crippen molar-refractivity contribution >= 4 is 107 Å². The van der Waals surface area contributed by atoms with Crippen molar-refractivity contribution in [2.45, 2.75) is 12.8 Å². The minimum absolute atomic E-state index is 0.997. The molecule has 1 aliphatic carbocycles. The number of hydrogen-bond donors (Lipinski definition) is 0. The first-order valence-electron chi connectivity index (χ1n) is 38.5. The van der Waals surface area contributed by atoms with E-state index in [1.807, 2.05) is 0 Å². The lowest BCUT2D eigenvalue weighted by atomic mass is 9.78. The number of anilines is 17. The summed E-state index contributed by atoms with van der Waals surface area (Å²) in [6.45, 7) is 0. The first kappa shape index (κ1) is 69.0. The molecule has 0 unspecified atom stereocenters. The van der Waals surface area contributed by atoms with Crippen LogP contribution in [0.5, 0.6) is 0 Å². The van der Waals surface area contributed by atoms with Crippen molar-refractivity contribution in [1.29, 1.82) is 0 Å². The molecular weight excluding hydrogens is 1360 g/mol. The number of rotatable bonds is 22. The van der Waals surface area contributed by atoms with Gasteiger partial charge >= 0.3 is 0 Å². The maximum absolute atomic E-state index is 2.45. The van der Waals surface area contributed by atoms with E-state index in [0.29, 0.717) is 0 Å². The average Bonchev–Trinajstić information content (AvgIpc) is 0.717. The molecule has 0 N–H and O–H groups in total. The number of nitrogens with zero attached hydrogens (tertiary/aromatic N) is 6. The normalized spacial score (nSPS) is 11.7. The molecule has 1 aliphatic rings. The number of allylic oxidation sites excluding steroid dienone is 3. The maximum Gasteiger partial charge on any atom is 0.0468 e. The highest BCUT2D eigenvalue weighted by atomic mass is 15.2. The molecule has 17 aromatic carbocycles. The molecule has 0 spiro atoms. The molecule has 0 saturated carbocycles. The third-order valence-electron chi connectivity index (χ3n) is 21.0. The van der Waals surface area contributed by atoms with Gasteiger partial charge in [-0.25, -0.2) is 0 Å². The van der Waals surface area contributed by atoms with Gasteiger partial charge in [-0.05, 0) is 280 Å². The highest BCUT2D eigenvalue weighted by Crippen LogP contribution is 2.54. The van der Waals surface area contributed by atoms with Crippen LogP contribution in [0, 0.1) is 0 Å². The third-order valence-corrected chi connectivity index (χ3v) is 21.0. The summed E-state index contributed by atoms with van der Waals surface area (Å²) in [5.74, 6) is 0. The summed E-state index contributed by atoms with van der Waals surface area (Å²) in [5.41, 5.74) is 28.1. The molecular formula is C106H80N6. The van der Waals surface area contributed by atoms with E-state index in [1.165, 1.54) is 5.70 Å². The Morgan fingerprint density at radius 3 is 0.625 bits per heavy atom.